The molecule has 1 aliphatic heterocycles. The summed E-state index contributed by atoms with van der Waals surface area (Å²) in [5.74, 6) is -1.48. The molecule has 3 amide bonds. The number of carbonyl (C=O) groups excluding carboxylic acids is 3. The number of amides is 3. The van der Waals surface area contributed by atoms with E-state index < -0.39 is 49.9 Å². The lowest BCUT2D eigenvalue weighted by Gasteiger charge is -2.28. The van der Waals surface area contributed by atoms with E-state index in [2.05, 4.69) is 5.32 Å². The fourth-order valence-corrected chi connectivity index (χ4v) is 3.97. The molecule has 0 unspecified atom stereocenters. The van der Waals surface area contributed by atoms with Crippen LogP contribution in [0.4, 0.5) is 4.79 Å². The summed E-state index contributed by atoms with van der Waals surface area (Å²) in [6.45, 7) is 9.41. The topological polar surface area (TPSA) is 110 Å². The van der Waals surface area contributed by atoms with Gasteiger partial charge in [0.2, 0.25) is 0 Å². The standard InChI is InChI=1S/C20H28N2O6S/c1-19(2,3)28-18(25)21-13(12-29(26,27)20(4,5)6)11-22-16(23)14-9-7-8-10-15(14)17(22)24/h7-10,13H,11-12H2,1-6H3,(H,21,25)/t13-/m0/s1. The van der Waals surface area contributed by atoms with Crippen LogP contribution in [0.2, 0.25) is 0 Å². The van der Waals surface area contributed by atoms with Crippen molar-refractivity contribution in [1.29, 1.82) is 0 Å². The van der Waals surface area contributed by atoms with Gasteiger partial charge in [-0.25, -0.2) is 13.2 Å². The Balaban J connectivity index is 2.27. The van der Waals surface area contributed by atoms with Gasteiger partial charge in [-0.2, -0.15) is 0 Å². The number of ether oxygens (including phenoxy) is 1. The number of carbonyl (C=O) groups is 3. The van der Waals surface area contributed by atoms with Crippen molar-refractivity contribution in [1.82, 2.24) is 10.2 Å². The Morgan fingerprint density at radius 3 is 1.93 bits per heavy atom. The molecular weight excluding hydrogens is 396 g/mol. The van der Waals surface area contributed by atoms with Gasteiger partial charge in [-0.05, 0) is 53.7 Å². The van der Waals surface area contributed by atoms with Gasteiger partial charge >= 0.3 is 6.09 Å². The lowest BCUT2D eigenvalue weighted by Crippen LogP contribution is -2.51. The number of nitrogens with zero attached hydrogens (tertiary/aromatic N) is 1. The Hall–Kier alpha value is -2.42. The third-order valence-corrected chi connectivity index (χ3v) is 7.06. The second-order valence-corrected chi connectivity index (χ2v) is 11.8. The van der Waals surface area contributed by atoms with E-state index in [1.807, 2.05) is 0 Å². The predicted molar refractivity (Wildman–Crippen MR) is 109 cm³/mol. The molecule has 0 fully saturated rings. The van der Waals surface area contributed by atoms with Crippen molar-refractivity contribution in [3.8, 4) is 0 Å². The molecule has 29 heavy (non-hydrogen) atoms. The van der Waals surface area contributed by atoms with E-state index in [-0.39, 0.29) is 17.7 Å². The van der Waals surface area contributed by atoms with E-state index in [0.717, 1.165) is 4.90 Å². The van der Waals surface area contributed by atoms with Crippen molar-refractivity contribution in [3.05, 3.63) is 35.4 Å². The Labute approximate surface area is 171 Å². The van der Waals surface area contributed by atoms with Crippen molar-refractivity contribution in [3.63, 3.8) is 0 Å². The lowest BCUT2D eigenvalue weighted by molar-refractivity contribution is 0.0475. The molecule has 1 heterocycles. The molecule has 0 saturated carbocycles. The van der Waals surface area contributed by atoms with Crippen LogP contribution in [-0.4, -0.2) is 59.9 Å². The van der Waals surface area contributed by atoms with Gasteiger partial charge in [-0.3, -0.25) is 14.5 Å². The quantitative estimate of drug-likeness (QED) is 0.727. The van der Waals surface area contributed by atoms with Crippen LogP contribution in [0.5, 0.6) is 0 Å². The predicted octanol–water partition coefficient (Wildman–Crippen LogP) is 2.39. The van der Waals surface area contributed by atoms with Gasteiger partial charge in [0, 0.05) is 0 Å². The van der Waals surface area contributed by atoms with E-state index >= 15 is 0 Å². The summed E-state index contributed by atoms with van der Waals surface area (Å²) in [5, 5.41) is 2.51. The largest absolute Gasteiger partial charge is 0.444 e. The van der Waals surface area contributed by atoms with Gasteiger partial charge in [-0.15, -0.1) is 0 Å². The molecule has 0 bridgehead atoms. The van der Waals surface area contributed by atoms with E-state index in [1.165, 1.54) is 12.1 Å². The first-order valence-corrected chi connectivity index (χ1v) is 10.9. The summed E-state index contributed by atoms with van der Waals surface area (Å²) < 4.78 is 29.6. The van der Waals surface area contributed by atoms with Crippen molar-refractivity contribution < 1.29 is 27.5 Å². The van der Waals surface area contributed by atoms with Crippen LogP contribution in [0, 0.1) is 0 Å². The molecule has 0 spiro atoms. The Morgan fingerprint density at radius 1 is 1.03 bits per heavy atom. The minimum Gasteiger partial charge on any atom is -0.444 e. The monoisotopic (exact) mass is 424 g/mol. The molecule has 0 radical (unpaired) electrons. The van der Waals surface area contributed by atoms with E-state index in [9.17, 15) is 22.8 Å². The van der Waals surface area contributed by atoms with Gasteiger partial charge in [0.1, 0.15) is 5.60 Å². The molecule has 1 aromatic rings. The highest BCUT2D eigenvalue weighted by Crippen LogP contribution is 2.24. The maximum atomic E-state index is 12.7. The fourth-order valence-electron chi connectivity index (χ4n) is 2.75. The zero-order valence-electron chi connectivity index (χ0n) is 17.6. The Bertz CT molecular complexity index is 890. The molecule has 0 saturated heterocycles. The summed E-state index contributed by atoms with van der Waals surface area (Å²) in [5.41, 5.74) is -0.271. The highest BCUT2D eigenvalue weighted by Gasteiger charge is 2.39. The third-order valence-electron chi connectivity index (χ3n) is 4.36. The highest BCUT2D eigenvalue weighted by atomic mass is 32.2. The number of benzene rings is 1. The molecule has 8 nitrogen and oxygen atoms in total. The SMILES string of the molecule is CC(C)(C)OC(=O)N[C@@H](CN1C(=O)c2ccccc2C1=O)CS(=O)(=O)C(C)(C)C. The summed E-state index contributed by atoms with van der Waals surface area (Å²) in [7, 11) is -3.65. The van der Waals surface area contributed by atoms with Gasteiger partial charge in [0.15, 0.2) is 9.84 Å². The molecule has 1 N–H and O–H groups in total. The van der Waals surface area contributed by atoms with Crippen LogP contribution in [0.3, 0.4) is 0 Å². The zero-order chi connectivity index (χ0) is 22.2. The zero-order valence-corrected chi connectivity index (χ0v) is 18.4. The van der Waals surface area contributed by atoms with Crippen molar-refractivity contribution in [2.24, 2.45) is 0 Å². The number of sulfone groups is 1. The first-order chi connectivity index (χ1) is 13.1. The van der Waals surface area contributed by atoms with E-state index in [1.54, 1.807) is 53.7 Å². The van der Waals surface area contributed by atoms with Crippen molar-refractivity contribution in [2.45, 2.75) is 57.9 Å². The number of imide groups is 1. The average molecular weight is 425 g/mol. The summed E-state index contributed by atoms with van der Waals surface area (Å²) in [6, 6.07) is 5.36. The van der Waals surface area contributed by atoms with Crippen LogP contribution in [0.15, 0.2) is 24.3 Å². The summed E-state index contributed by atoms with van der Waals surface area (Å²) in [4.78, 5) is 38.5. The molecule has 2 rings (SSSR count). The number of rotatable bonds is 5. The fraction of sp³-hybridized carbons (Fsp3) is 0.550. The van der Waals surface area contributed by atoms with Gasteiger partial charge in [0.05, 0.1) is 34.2 Å². The van der Waals surface area contributed by atoms with Gasteiger partial charge in [-0.1, -0.05) is 12.1 Å². The van der Waals surface area contributed by atoms with Crippen molar-refractivity contribution in [2.75, 3.05) is 12.3 Å². The number of alkyl carbamates (subject to hydrolysis) is 1. The van der Waals surface area contributed by atoms with E-state index in [4.69, 9.17) is 4.74 Å². The molecule has 0 aliphatic carbocycles. The third kappa shape index (κ3) is 5.35. The van der Waals surface area contributed by atoms with Crippen LogP contribution in [0.25, 0.3) is 0 Å². The van der Waals surface area contributed by atoms with Crippen LogP contribution in [0.1, 0.15) is 62.3 Å². The number of hydrogen-bond acceptors (Lipinski definition) is 6. The number of fused-ring (bicyclic) bond motifs is 1. The molecular formula is C20H28N2O6S. The van der Waals surface area contributed by atoms with Crippen LogP contribution >= 0.6 is 0 Å². The maximum absolute atomic E-state index is 12.7. The van der Waals surface area contributed by atoms with Crippen LogP contribution < -0.4 is 5.32 Å². The Morgan fingerprint density at radius 2 is 1.52 bits per heavy atom. The lowest BCUT2D eigenvalue weighted by atomic mass is 10.1. The maximum Gasteiger partial charge on any atom is 0.407 e. The van der Waals surface area contributed by atoms with Gasteiger partial charge < -0.3 is 10.1 Å². The number of nitrogens with one attached hydrogen (secondary N) is 1. The molecule has 1 aromatic carbocycles. The van der Waals surface area contributed by atoms with Crippen LogP contribution in [-0.2, 0) is 14.6 Å². The Kier molecular flexibility index (Phi) is 6.13. The second-order valence-electron chi connectivity index (χ2n) is 9.00. The molecule has 0 aromatic heterocycles. The minimum absolute atomic E-state index is 0.257. The summed E-state index contributed by atoms with van der Waals surface area (Å²) in [6.07, 6.45) is -0.816. The molecule has 1 atom stereocenters. The molecule has 160 valence electrons. The van der Waals surface area contributed by atoms with Gasteiger partial charge in [0.25, 0.3) is 11.8 Å². The second kappa shape index (κ2) is 7.78. The van der Waals surface area contributed by atoms with Crippen molar-refractivity contribution >= 4 is 27.7 Å². The normalized spacial score (nSPS) is 15.9. The molecule has 9 heteroatoms. The summed E-state index contributed by atoms with van der Waals surface area (Å²) >= 11 is 0. The first-order valence-electron chi connectivity index (χ1n) is 9.29. The molecule has 1 aliphatic rings. The average Bonchev–Trinajstić information content (AvgIpc) is 2.77. The number of hydrogen-bond donors (Lipinski definition) is 1. The smallest absolute Gasteiger partial charge is 0.407 e. The van der Waals surface area contributed by atoms with E-state index in [0.29, 0.717) is 0 Å². The first kappa shape index (κ1) is 22.9. The minimum atomic E-state index is -3.65. The highest BCUT2D eigenvalue weighted by molar-refractivity contribution is 7.92.